The predicted molar refractivity (Wildman–Crippen MR) is 82.9 cm³/mol. The van der Waals surface area contributed by atoms with E-state index in [1.165, 1.54) is 29.9 Å². The number of rotatable bonds is 7. The van der Waals surface area contributed by atoms with Gasteiger partial charge in [-0.25, -0.2) is 4.68 Å². The molecule has 0 aliphatic rings. The Labute approximate surface area is 129 Å². The molecule has 2 heterocycles. The molecule has 22 heavy (non-hydrogen) atoms. The Hall–Kier alpha value is -2.69. The van der Waals surface area contributed by atoms with Gasteiger partial charge in [0.25, 0.3) is 0 Å². The topological polar surface area (TPSA) is 110 Å². The van der Waals surface area contributed by atoms with Crippen LogP contribution in [0.25, 0.3) is 0 Å². The molecule has 0 fully saturated rings. The second kappa shape index (κ2) is 7.36. The van der Waals surface area contributed by atoms with E-state index < -0.39 is 0 Å². The molecule has 0 spiro atoms. The second-order valence-corrected chi connectivity index (χ2v) is 5.02. The van der Waals surface area contributed by atoms with E-state index in [1.54, 1.807) is 11.7 Å². The normalized spacial score (nSPS) is 11.1. The number of unbranched alkanes of at least 4 members (excludes halogenated alkanes) is 3. The highest BCUT2D eigenvalue weighted by Gasteiger charge is 2.11. The minimum atomic E-state index is 0.404. The van der Waals surface area contributed by atoms with Crippen molar-refractivity contribution in [2.24, 2.45) is 17.3 Å². The lowest BCUT2D eigenvalue weighted by Crippen LogP contribution is -1.99. The summed E-state index contributed by atoms with van der Waals surface area (Å²) in [5.74, 6) is 0.888. The number of azo groups is 1. The fourth-order valence-electron chi connectivity index (χ4n) is 2.03. The smallest absolute Gasteiger partial charge is 0.191 e. The van der Waals surface area contributed by atoms with Gasteiger partial charge < -0.3 is 5.73 Å². The summed E-state index contributed by atoms with van der Waals surface area (Å²) in [6, 6.07) is 2.08. The van der Waals surface area contributed by atoms with Crippen LogP contribution in [0, 0.1) is 11.3 Å². The monoisotopic (exact) mass is 300 g/mol. The molecule has 0 aliphatic heterocycles. The van der Waals surface area contributed by atoms with Crippen molar-refractivity contribution in [1.29, 1.82) is 5.26 Å². The summed E-state index contributed by atoms with van der Waals surface area (Å²) in [4.78, 5) is 0. The fourth-order valence-corrected chi connectivity index (χ4v) is 2.03. The van der Waals surface area contributed by atoms with E-state index in [-0.39, 0.29) is 0 Å². The van der Waals surface area contributed by atoms with Crippen molar-refractivity contribution in [3.8, 4) is 6.07 Å². The van der Waals surface area contributed by atoms with Crippen molar-refractivity contribution in [3.63, 3.8) is 0 Å². The summed E-state index contributed by atoms with van der Waals surface area (Å²) >= 11 is 0. The maximum Gasteiger partial charge on any atom is 0.191 e. The summed E-state index contributed by atoms with van der Waals surface area (Å²) in [5.41, 5.74) is 6.70. The molecule has 0 amide bonds. The molecule has 8 nitrogen and oxygen atoms in total. The molecule has 0 aromatic carbocycles. The standard InChI is InChI=1S/C14H20N8/c1-3-4-5-6-7-22-14(11(8-15)9-18-22)20-19-12-10-17-21(2)13(12)16/h9-10H,3-7,16H2,1-2H3. The van der Waals surface area contributed by atoms with Gasteiger partial charge in [-0.3, -0.25) is 4.68 Å². The van der Waals surface area contributed by atoms with Crippen LogP contribution in [0.3, 0.4) is 0 Å². The van der Waals surface area contributed by atoms with Crippen molar-refractivity contribution in [2.75, 3.05) is 5.73 Å². The minimum absolute atomic E-state index is 0.404. The van der Waals surface area contributed by atoms with Crippen molar-refractivity contribution in [1.82, 2.24) is 19.6 Å². The molecular weight excluding hydrogens is 280 g/mol. The van der Waals surface area contributed by atoms with Gasteiger partial charge in [0.1, 0.15) is 23.1 Å². The lowest BCUT2D eigenvalue weighted by molar-refractivity contribution is 0.543. The molecule has 0 atom stereocenters. The number of anilines is 1. The molecule has 0 unspecified atom stereocenters. The third-order valence-corrected chi connectivity index (χ3v) is 3.37. The maximum atomic E-state index is 9.15. The van der Waals surface area contributed by atoms with Gasteiger partial charge >= 0.3 is 0 Å². The number of hydrogen-bond donors (Lipinski definition) is 1. The number of nitriles is 1. The molecule has 2 aromatic rings. The van der Waals surface area contributed by atoms with Gasteiger partial charge in [0.05, 0.1) is 12.4 Å². The largest absolute Gasteiger partial charge is 0.382 e. The van der Waals surface area contributed by atoms with Gasteiger partial charge in [0.2, 0.25) is 0 Å². The van der Waals surface area contributed by atoms with Gasteiger partial charge in [0, 0.05) is 13.6 Å². The molecule has 2 N–H and O–H groups in total. The Morgan fingerprint density at radius 2 is 2.05 bits per heavy atom. The van der Waals surface area contributed by atoms with E-state index in [1.807, 2.05) is 0 Å². The van der Waals surface area contributed by atoms with Gasteiger partial charge in [-0.1, -0.05) is 26.2 Å². The first-order valence-electron chi connectivity index (χ1n) is 7.32. The Balaban J connectivity index is 2.16. The predicted octanol–water partition coefficient (Wildman–Crippen LogP) is 3.07. The van der Waals surface area contributed by atoms with Gasteiger partial charge in [-0.15, -0.1) is 10.2 Å². The zero-order chi connectivity index (χ0) is 15.9. The summed E-state index contributed by atoms with van der Waals surface area (Å²) in [6.45, 7) is 2.89. The van der Waals surface area contributed by atoms with Gasteiger partial charge in [0.15, 0.2) is 5.82 Å². The first kappa shape index (κ1) is 15.7. The molecule has 116 valence electrons. The summed E-state index contributed by atoms with van der Waals surface area (Å²) in [5, 5.41) is 25.6. The number of nitrogens with zero attached hydrogens (tertiary/aromatic N) is 7. The Bertz CT molecular complexity index is 688. The van der Waals surface area contributed by atoms with Crippen LogP contribution in [0.5, 0.6) is 0 Å². The molecule has 0 saturated carbocycles. The quantitative estimate of drug-likeness (QED) is 0.625. The average Bonchev–Trinajstić information content (AvgIpc) is 3.06. The van der Waals surface area contributed by atoms with E-state index in [0.717, 1.165) is 19.4 Å². The van der Waals surface area contributed by atoms with Gasteiger partial charge in [-0.2, -0.15) is 15.5 Å². The van der Waals surface area contributed by atoms with Crippen LogP contribution < -0.4 is 5.73 Å². The van der Waals surface area contributed by atoms with Crippen LogP contribution in [-0.2, 0) is 13.6 Å². The highest BCUT2D eigenvalue weighted by atomic mass is 15.4. The molecule has 2 aromatic heterocycles. The molecule has 0 bridgehead atoms. The Morgan fingerprint density at radius 1 is 1.23 bits per heavy atom. The van der Waals surface area contributed by atoms with Crippen LogP contribution >= 0.6 is 0 Å². The number of aromatic nitrogens is 4. The van der Waals surface area contributed by atoms with E-state index in [4.69, 9.17) is 11.0 Å². The van der Waals surface area contributed by atoms with Crippen molar-refractivity contribution >= 4 is 17.3 Å². The number of nitrogen functional groups attached to an aromatic ring is 1. The number of hydrogen-bond acceptors (Lipinski definition) is 6. The minimum Gasteiger partial charge on any atom is -0.382 e. The number of nitrogens with two attached hydrogens (primary N) is 1. The third-order valence-electron chi connectivity index (χ3n) is 3.37. The molecule has 0 aliphatic carbocycles. The van der Waals surface area contributed by atoms with Crippen LogP contribution in [0.1, 0.15) is 38.2 Å². The summed E-state index contributed by atoms with van der Waals surface area (Å²) in [6.07, 6.45) is 7.54. The lowest BCUT2D eigenvalue weighted by atomic mass is 10.2. The summed E-state index contributed by atoms with van der Waals surface area (Å²) in [7, 11) is 1.73. The van der Waals surface area contributed by atoms with Crippen molar-refractivity contribution in [3.05, 3.63) is 18.0 Å². The van der Waals surface area contributed by atoms with Crippen LogP contribution in [0.4, 0.5) is 17.3 Å². The fraction of sp³-hybridized carbons (Fsp3) is 0.500. The average molecular weight is 300 g/mol. The van der Waals surface area contributed by atoms with Crippen LogP contribution in [0.2, 0.25) is 0 Å². The first-order chi connectivity index (χ1) is 10.7. The molecular formula is C14H20N8. The second-order valence-electron chi connectivity index (χ2n) is 5.02. The highest BCUT2D eigenvalue weighted by Crippen LogP contribution is 2.25. The maximum absolute atomic E-state index is 9.15. The van der Waals surface area contributed by atoms with E-state index >= 15 is 0 Å². The third kappa shape index (κ3) is 3.49. The molecule has 0 radical (unpaired) electrons. The number of aryl methyl sites for hydroxylation is 2. The van der Waals surface area contributed by atoms with Gasteiger partial charge in [-0.05, 0) is 6.42 Å². The zero-order valence-corrected chi connectivity index (χ0v) is 12.9. The Kier molecular flexibility index (Phi) is 5.25. The SMILES string of the molecule is CCCCCCn1ncc(C#N)c1N=Nc1cnn(C)c1N. The van der Waals surface area contributed by atoms with Crippen molar-refractivity contribution in [2.45, 2.75) is 39.2 Å². The van der Waals surface area contributed by atoms with Crippen molar-refractivity contribution < 1.29 is 0 Å². The highest BCUT2D eigenvalue weighted by molar-refractivity contribution is 5.56. The Morgan fingerprint density at radius 3 is 2.68 bits per heavy atom. The molecule has 8 heteroatoms. The zero-order valence-electron chi connectivity index (χ0n) is 12.9. The lowest BCUT2D eigenvalue weighted by Gasteiger charge is -2.03. The van der Waals surface area contributed by atoms with Crippen LogP contribution in [0.15, 0.2) is 22.6 Å². The molecule has 2 rings (SSSR count). The first-order valence-corrected chi connectivity index (χ1v) is 7.32. The van der Waals surface area contributed by atoms with E-state index in [0.29, 0.717) is 22.9 Å². The molecule has 0 saturated heterocycles. The van der Waals surface area contributed by atoms with E-state index in [2.05, 4.69) is 33.4 Å². The van der Waals surface area contributed by atoms with Crippen LogP contribution in [-0.4, -0.2) is 19.6 Å². The van der Waals surface area contributed by atoms with E-state index in [9.17, 15) is 0 Å². The summed E-state index contributed by atoms with van der Waals surface area (Å²) < 4.78 is 3.23.